The Labute approximate surface area is 124 Å². The van der Waals surface area contributed by atoms with E-state index >= 15 is 0 Å². The molecule has 0 aromatic heterocycles. The number of amides is 2. The normalized spacial score (nSPS) is 29.0. The van der Waals surface area contributed by atoms with E-state index in [1.807, 2.05) is 30.3 Å². The van der Waals surface area contributed by atoms with Crippen LogP contribution in [0.2, 0.25) is 0 Å². The number of nitrogens with one attached hydrogen (secondary N) is 1. The first-order valence-corrected chi connectivity index (χ1v) is 7.34. The maximum absolute atomic E-state index is 12.6. The zero-order valence-corrected chi connectivity index (χ0v) is 12.1. The summed E-state index contributed by atoms with van der Waals surface area (Å²) in [6.07, 6.45) is 2.42. The predicted molar refractivity (Wildman–Crippen MR) is 77.6 cm³/mol. The van der Waals surface area contributed by atoms with Gasteiger partial charge in [-0.3, -0.25) is 9.59 Å². The third kappa shape index (κ3) is 2.93. The average Bonchev–Trinajstić information content (AvgIpc) is 2.43. The second-order valence-electron chi connectivity index (χ2n) is 5.76. The van der Waals surface area contributed by atoms with Crippen molar-refractivity contribution in [1.82, 2.24) is 10.2 Å². The lowest BCUT2D eigenvalue weighted by Gasteiger charge is -2.45. The lowest BCUT2D eigenvalue weighted by atomic mass is 9.86. The second-order valence-corrected chi connectivity index (χ2v) is 5.76. The first-order chi connectivity index (χ1) is 10.2. The molecule has 21 heavy (non-hydrogen) atoms. The Morgan fingerprint density at radius 1 is 1.24 bits per heavy atom. The second kappa shape index (κ2) is 5.85. The molecular formula is C16H20N2O3. The van der Waals surface area contributed by atoms with Crippen molar-refractivity contribution in [3.63, 3.8) is 0 Å². The van der Waals surface area contributed by atoms with E-state index in [1.54, 1.807) is 12.0 Å². The standard InChI is InChI=1S/C16H20N2O3/c1-21-13-8-12(9-13)18-10-15(19)17-14(16(18)20)7-11-5-3-2-4-6-11/h2-6,12-14H,7-10H2,1H3,(H,17,19). The molecule has 1 saturated heterocycles. The monoisotopic (exact) mass is 288 g/mol. The van der Waals surface area contributed by atoms with Gasteiger partial charge in [0.2, 0.25) is 11.8 Å². The molecule has 5 nitrogen and oxygen atoms in total. The van der Waals surface area contributed by atoms with Gasteiger partial charge in [0.15, 0.2) is 0 Å². The zero-order valence-electron chi connectivity index (χ0n) is 12.1. The summed E-state index contributed by atoms with van der Waals surface area (Å²) in [7, 11) is 1.68. The van der Waals surface area contributed by atoms with Gasteiger partial charge in [-0.25, -0.2) is 0 Å². The zero-order chi connectivity index (χ0) is 14.8. The maximum Gasteiger partial charge on any atom is 0.246 e. The highest BCUT2D eigenvalue weighted by atomic mass is 16.5. The Morgan fingerprint density at radius 3 is 2.62 bits per heavy atom. The number of nitrogens with zero attached hydrogens (tertiary/aromatic N) is 1. The quantitative estimate of drug-likeness (QED) is 0.889. The topological polar surface area (TPSA) is 58.6 Å². The van der Waals surface area contributed by atoms with Gasteiger partial charge in [-0.05, 0) is 18.4 Å². The molecule has 1 unspecified atom stereocenters. The highest BCUT2D eigenvalue weighted by Gasteiger charge is 2.42. The molecule has 2 aliphatic rings. The van der Waals surface area contributed by atoms with E-state index in [-0.39, 0.29) is 30.5 Å². The average molecular weight is 288 g/mol. The highest BCUT2D eigenvalue weighted by molar-refractivity contribution is 5.95. The van der Waals surface area contributed by atoms with Crippen molar-refractivity contribution in [2.75, 3.05) is 13.7 Å². The Balaban J connectivity index is 1.67. The van der Waals surface area contributed by atoms with Crippen LogP contribution in [0.5, 0.6) is 0 Å². The molecule has 1 N–H and O–H groups in total. The van der Waals surface area contributed by atoms with E-state index < -0.39 is 6.04 Å². The van der Waals surface area contributed by atoms with Crippen LogP contribution in [0, 0.1) is 0 Å². The molecule has 3 rings (SSSR count). The first-order valence-electron chi connectivity index (χ1n) is 7.34. The Kier molecular flexibility index (Phi) is 3.92. The largest absolute Gasteiger partial charge is 0.381 e. The lowest BCUT2D eigenvalue weighted by molar-refractivity contribution is -0.151. The van der Waals surface area contributed by atoms with Crippen LogP contribution < -0.4 is 5.32 Å². The molecule has 0 radical (unpaired) electrons. The molecule has 1 aromatic carbocycles. The van der Waals surface area contributed by atoms with Crippen LogP contribution in [0.15, 0.2) is 30.3 Å². The van der Waals surface area contributed by atoms with Crippen molar-refractivity contribution < 1.29 is 14.3 Å². The van der Waals surface area contributed by atoms with Crippen molar-refractivity contribution in [1.29, 1.82) is 0 Å². The molecule has 1 aliphatic carbocycles. The van der Waals surface area contributed by atoms with Crippen molar-refractivity contribution in [3.05, 3.63) is 35.9 Å². The molecule has 1 aliphatic heterocycles. The molecule has 1 aromatic rings. The number of hydrogen-bond acceptors (Lipinski definition) is 3. The fourth-order valence-corrected chi connectivity index (χ4v) is 3.02. The van der Waals surface area contributed by atoms with Gasteiger partial charge < -0.3 is 15.0 Å². The van der Waals surface area contributed by atoms with Crippen molar-refractivity contribution in [3.8, 4) is 0 Å². The van der Waals surface area contributed by atoms with Crippen LogP contribution in [0.3, 0.4) is 0 Å². The molecule has 0 spiro atoms. The molecular weight excluding hydrogens is 268 g/mol. The fourth-order valence-electron chi connectivity index (χ4n) is 3.02. The molecule has 2 fully saturated rings. The summed E-state index contributed by atoms with van der Waals surface area (Å²) in [6.45, 7) is 0.172. The van der Waals surface area contributed by atoms with Gasteiger partial charge in [0.05, 0.1) is 12.6 Å². The lowest BCUT2D eigenvalue weighted by Crippen LogP contribution is -2.63. The highest BCUT2D eigenvalue weighted by Crippen LogP contribution is 2.29. The van der Waals surface area contributed by atoms with Crippen LogP contribution in [-0.4, -0.2) is 48.6 Å². The summed E-state index contributed by atoms with van der Waals surface area (Å²) < 4.78 is 5.25. The van der Waals surface area contributed by atoms with E-state index in [9.17, 15) is 9.59 Å². The van der Waals surface area contributed by atoms with Crippen molar-refractivity contribution >= 4 is 11.8 Å². The number of piperazine rings is 1. The maximum atomic E-state index is 12.6. The molecule has 1 saturated carbocycles. The Morgan fingerprint density at radius 2 is 1.95 bits per heavy atom. The van der Waals surface area contributed by atoms with Gasteiger partial charge in [0, 0.05) is 19.6 Å². The molecule has 2 amide bonds. The fraction of sp³-hybridized carbons (Fsp3) is 0.500. The van der Waals surface area contributed by atoms with Crippen LogP contribution in [0.1, 0.15) is 18.4 Å². The predicted octanol–water partition coefficient (Wildman–Crippen LogP) is 0.733. The SMILES string of the molecule is COC1CC(N2CC(=O)NC(Cc3ccccc3)C2=O)C1. The molecule has 1 heterocycles. The molecule has 0 bridgehead atoms. The van der Waals surface area contributed by atoms with Gasteiger partial charge >= 0.3 is 0 Å². The van der Waals surface area contributed by atoms with E-state index in [0.717, 1.165) is 18.4 Å². The third-order valence-electron chi connectivity index (χ3n) is 4.36. The minimum Gasteiger partial charge on any atom is -0.381 e. The molecule has 1 atom stereocenters. The first kappa shape index (κ1) is 14.1. The Bertz CT molecular complexity index is 526. The number of carbonyl (C=O) groups excluding carboxylic acids is 2. The number of carbonyl (C=O) groups is 2. The van der Waals surface area contributed by atoms with E-state index in [2.05, 4.69) is 5.32 Å². The number of benzene rings is 1. The van der Waals surface area contributed by atoms with Crippen molar-refractivity contribution in [2.24, 2.45) is 0 Å². The summed E-state index contributed by atoms with van der Waals surface area (Å²) in [5.41, 5.74) is 1.06. The van der Waals surface area contributed by atoms with Crippen LogP contribution >= 0.6 is 0 Å². The van der Waals surface area contributed by atoms with Crippen LogP contribution in [0.25, 0.3) is 0 Å². The summed E-state index contributed by atoms with van der Waals surface area (Å²) in [6, 6.07) is 9.47. The number of methoxy groups -OCH3 is 1. The number of hydrogen-bond donors (Lipinski definition) is 1. The summed E-state index contributed by atoms with van der Waals surface area (Å²) in [5.74, 6) is -0.0468. The van der Waals surface area contributed by atoms with Gasteiger partial charge in [-0.2, -0.15) is 0 Å². The summed E-state index contributed by atoms with van der Waals surface area (Å²) >= 11 is 0. The van der Waals surface area contributed by atoms with Gasteiger partial charge in [-0.1, -0.05) is 30.3 Å². The summed E-state index contributed by atoms with van der Waals surface area (Å²) in [5, 5.41) is 2.81. The van der Waals surface area contributed by atoms with E-state index in [4.69, 9.17) is 4.74 Å². The van der Waals surface area contributed by atoms with Gasteiger partial charge in [-0.15, -0.1) is 0 Å². The molecule has 5 heteroatoms. The number of rotatable bonds is 4. The Hall–Kier alpha value is -1.88. The smallest absolute Gasteiger partial charge is 0.246 e. The number of ether oxygens (including phenoxy) is 1. The van der Waals surface area contributed by atoms with Gasteiger partial charge in [0.1, 0.15) is 6.04 Å². The van der Waals surface area contributed by atoms with Gasteiger partial charge in [0.25, 0.3) is 0 Å². The minimum absolute atomic E-state index is 0.0259. The van der Waals surface area contributed by atoms with Crippen LogP contribution in [0.4, 0.5) is 0 Å². The van der Waals surface area contributed by atoms with Crippen molar-refractivity contribution in [2.45, 2.75) is 37.5 Å². The van der Waals surface area contributed by atoms with E-state index in [0.29, 0.717) is 6.42 Å². The van der Waals surface area contributed by atoms with E-state index in [1.165, 1.54) is 0 Å². The third-order valence-corrected chi connectivity index (χ3v) is 4.36. The summed E-state index contributed by atoms with van der Waals surface area (Å²) in [4.78, 5) is 26.2. The minimum atomic E-state index is -0.449. The molecule has 112 valence electrons. The van der Waals surface area contributed by atoms with Crippen LogP contribution in [-0.2, 0) is 20.7 Å².